The predicted octanol–water partition coefficient (Wildman–Crippen LogP) is -0.136. The van der Waals surface area contributed by atoms with E-state index in [2.05, 4.69) is 9.71 Å². The van der Waals surface area contributed by atoms with Crippen molar-refractivity contribution >= 4 is 10.0 Å². The average Bonchev–Trinajstić information content (AvgIpc) is 2.34. The van der Waals surface area contributed by atoms with Gasteiger partial charge in [-0.05, 0) is 18.6 Å². The molecule has 3 N–H and O–H groups in total. The van der Waals surface area contributed by atoms with Crippen LogP contribution in [0.3, 0.4) is 0 Å². The molecule has 0 saturated heterocycles. The summed E-state index contributed by atoms with van der Waals surface area (Å²) in [5.74, 6) is -0.871. The number of nitrogens with one attached hydrogen (secondary N) is 1. The number of sulfonamides is 1. The summed E-state index contributed by atoms with van der Waals surface area (Å²) in [4.78, 5) is 3.51. The quantitative estimate of drug-likeness (QED) is 0.645. The molecule has 0 bridgehead atoms. The van der Waals surface area contributed by atoms with E-state index in [-0.39, 0.29) is 6.54 Å². The van der Waals surface area contributed by atoms with Gasteiger partial charge >= 0.3 is 0 Å². The molecule has 0 atom stereocenters. The maximum atomic E-state index is 13.2. The molecule has 1 heterocycles. The maximum absolute atomic E-state index is 13.2. The first-order chi connectivity index (χ1) is 8.58. The number of ether oxygens (including phenoxy) is 1. The second kappa shape index (κ2) is 7.37. The fraction of sp³-hybridized carbons (Fsp3) is 0.500. The molecule has 1 aromatic rings. The smallest absolute Gasteiger partial charge is 0.261 e. The molecule has 0 spiro atoms. The lowest BCUT2D eigenvalue weighted by molar-refractivity contribution is 0.140. The van der Waals surface area contributed by atoms with E-state index in [9.17, 15) is 12.8 Å². The Morgan fingerprint density at radius 2 is 2.22 bits per heavy atom. The molecule has 0 aliphatic rings. The first-order valence-corrected chi connectivity index (χ1v) is 6.94. The first kappa shape index (κ1) is 15.0. The molecule has 0 saturated carbocycles. The number of aromatic nitrogens is 1. The van der Waals surface area contributed by atoms with Gasteiger partial charge in [0, 0.05) is 25.9 Å². The van der Waals surface area contributed by atoms with Gasteiger partial charge in [0.1, 0.15) is 0 Å². The fourth-order valence-electron chi connectivity index (χ4n) is 1.20. The van der Waals surface area contributed by atoms with E-state index in [1.165, 1.54) is 12.3 Å². The van der Waals surface area contributed by atoms with E-state index < -0.39 is 20.9 Å². The molecule has 1 rings (SSSR count). The summed E-state index contributed by atoms with van der Waals surface area (Å²) in [7, 11) is -3.90. The number of rotatable bonds is 8. The van der Waals surface area contributed by atoms with Crippen molar-refractivity contribution in [3.8, 4) is 0 Å². The molecular formula is C10H16FN3O3S. The summed E-state index contributed by atoms with van der Waals surface area (Å²) in [5, 5.41) is -0.590. The summed E-state index contributed by atoms with van der Waals surface area (Å²) < 4.78 is 43.9. The second-order valence-electron chi connectivity index (χ2n) is 3.44. The molecule has 0 fully saturated rings. The zero-order valence-corrected chi connectivity index (χ0v) is 10.6. The molecule has 102 valence electrons. The minimum Gasteiger partial charge on any atom is -0.380 e. The van der Waals surface area contributed by atoms with Crippen LogP contribution in [-0.2, 0) is 14.8 Å². The van der Waals surface area contributed by atoms with E-state index in [4.69, 9.17) is 10.5 Å². The summed E-state index contributed by atoms with van der Waals surface area (Å²) >= 11 is 0. The Balaban J connectivity index is 2.44. The highest BCUT2D eigenvalue weighted by atomic mass is 32.2. The van der Waals surface area contributed by atoms with Crippen molar-refractivity contribution in [2.75, 3.05) is 26.3 Å². The standard InChI is InChI=1S/C10H16FN3O3S/c11-9-3-1-5-13-10(9)18(15,16)14-6-2-7-17-8-4-12/h1,3,5,14H,2,4,6-8,12H2. The van der Waals surface area contributed by atoms with Crippen molar-refractivity contribution in [1.82, 2.24) is 9.71 Å². The summed E-state index contributed by atoms with van der Waals surface area (Å²) in [5.41, 5.74) is 5.22. The van der Waals surface area contributed by atoms with E-state index in [0.29, 0.717) is 26.2 Å². The van der Waals surface area contributed by atoms with Gasteiger partial charge in [-0.15, -0.1) is 0 Å². The lowest BCUT2D eigenvalue weighted by atomic mass is 10.5. The number of hydrogen-bond acceptors (Lipinski definition) is 5. The highest BCUT2D eigenvalue weighted by Crippen LogP contribution is 2.09. The average molecular weight is 277 g/mol. The normalized spacial score (nSPS) is 11.7. The van der Waals surface area contributed by atoms with Crippen molar-refractivity contribution in [2.24, 2.45) is 5.73 Å². The van der Waals surface area contributed by atoms with Crippen molar-refractivity contribution in [3.05, 3.63) is 24.1 Å². The maximum Gasteiger partial charge on any atom is 0.261 e. The van der Waals surface area contributed by atoms with Crippen LogP contribution in [0.5, 0.6) is 0 Å². The van der Waals surface area contributed by atoms with Gasteiger partial charge in [-0.3, -0.25) is 0 Å². The molecule has 0 unspecified atom stereocenters. The third-order valence-corrected chi connectivity index (χ3v) is 3.39. The van der Waals surface area contributed by atoms with E-state index in [0.717, 1.165) is 6.07 Å². The Hall–Kier alpha value is -1.09. The van der Waals surface area contributed by atoms with Crippen LogP contribution in [-0.4, -0.2) is 39.7 Å². The predicted molar refractivity (Wildman–Crippen MR) is 63.9 cm³/mol. The number of pyridine rings is 1. The van der Waals surface area contributed by atoms with Gasteiger partial charge in [0.2, 0.25) is 5.03 Å². The highest BCUT2D eigenvalue weighted by molar-refractivity contribution is 7.89. The van der Waals surface area contributed by atoms with Crippen LogP contribution >= 0.6 is 0 Å². The number of nitrogens with zero attached hydrogens (tertiary/aromatic N) is 1. The fourth-order valence-corrected chi connectivity index (χ4v) is 2.28. The lowest BCUT2D eigenvalue weighted by Crippen LogP contribution is -2.27. The van der Waals surface area contributed by atoms with Crippen LogP contribution in [0.25, 0.3) is 0 Å². The van der Waals surface area contributed by atoms with Crippen LogP contribution in [0.15, 0.2) is 23.4 Å². The van der Waals surface area contributed by atoms with Gasteiger partial charge in [-0.2, -0.15) is 0 Å². The van der Waals surface area contributed by atoms with Crippen molar-refractivity contribution in [3.63, 3.8) is 0 Å². The second-order valence-corrected chi connectivity index (χ2v) is 5.12. The van der Waals surface area contributed by atoms with Crippen LogP contribution in [0.1, 0.15) is 6.42 Å². The molecule has 0 radical (unpaired) electrons. The highest BCUT2D eigenvalue weighted by Gasteiger charge is 2.19. The van der Waals surface area contributed by atoms with Gasteiger partial charge in [-0.1, -0.05) is 0 Å². The monoisotopic (exact) mass is 277 g/mol. The molecule has 0 amide bonds. The minimum atomic E-state index is -3.90. The van der Waals surface area contributed by atoms with Crippen LogP contribution in [0, 0.1) is 5.82 Å². The summed E-state index contributed by atoms with van der Waals surface area (Å²) in [6.45, 7) is 1.40. The third-order valence-electron chi connectivity index (χ3n) is 2.00. The molecule has 6 nitrogen and oxygen atoms in total. The molecule has 1 aromatic heterocycles. The van der Waals surface area contributed by atoms with Crippen LogP contribution < -0.4 is 10.5 Å². The number of hydrogen-bond donors (Lipinski definition) is 2. The zero-order valence-electron chi connectivity index (χ0n) is 9.80. The Kier molecular flexibility index (Phi) is 6.13. The molecule has 18 heavy (non-hydrogen) atoms. The summed E-state index contributed by atoms with van der Waals surface area (Å²) in [6.07, 6.45) is 1.70. The number of nitrogens with two attached hydrogens (primary N) is 1. The van der Waals surface area contributed by atoms with Gasteiger partial charge in [0.15, 0.2) is 5.82 Å². The van der Waals surface area contributed by atoms with Gasteiger partial charge in [-0.25, -0.2) is 22.5 Å². The molecule has 0 aliphatic carbocycles. The summed E-state index contributed by atoms with van der Waals surface area (Å²) in [6, 6.07) is 2.38. The largest absolute Gasteiger partial charge is 0.380 e. The number of halogens is 1. The minimum absolute atomic E-state index is 0.156. The molecular weight excluding hydrogens is 261 g/mol. The molecule has 0 aliphatic heterocycles. The third kappa shape index (κ3) is 4.65. The topological polar surface area (TPSA) is 94.3 Å². The van der Waals surface area contributed by atoms with E-state index in [1.54, 1.807) is 0 Å². The van der Waals surface area contributed by atoms with E-state index in [1.807, 2.05) is 0 Å². The van der Waals surface area contributed by atoms with Gasteiger partial charge < -0.3 is 10.5 Å². The van der Waals surface area contributed by atoms with Gasteiger partial charge in [0.05, 0.1) is 6.61 Å². The zero-order chi connectivity index (χ0) is 13.4. The Morgan fingerprint density at radius 1 is 1.44 bits per heavy atom. The Labute approximate surface area is 105 Å². The van der Waals surface area contributed by atoms with Crippen molar-refractivity contribution in [2.45, 2.75) is 11.4 Å². The van der Waals surface area contributed by atoms with E-state index >= 15 is 0 Å². The Morgan fingerprint density at radius 3 is 2.89 bits per heavy atom. The van der Waals surface area contributed by atoms with Crippen molar-refractivity contribution in [1.29, 1.82) is 0 Å². The van der Waals surface area contributed by atoms with Crippen LogP contribution in [0.4, 0.5) is 4.39 Å². The van der Waals surface area contributed by atoms with Gasteiger partial charge in [0.25, 0.3) is 10.0 Å². The van der Waals surface area contributed by atoms with Crippen LogP contribution in [0.2, 0.25) is 0 Å². The lowest BCUT2D eigenvalue weighted by Gasteiger charge is -2.06. The SMILES string of the molecule is NCCOCCCNS(=O)(=O)c1ncccc1F. The van der Waals surface area contributed by atoms with Crippen molar-refractivity contribution < 1.29 is 17.5 Å². The first-order valence-electron chi connectivity index (χ1n) is 5.46. The molecule has 8 heteroatoms. The molecule has 0 aromatic carbocycles. The Bertz CT molecular complexity index is 467.